The Balaban J connectivity index is 1.25. The van der Waals surface area contributed by atoms with Crippen LogP contribution < -0.4 is 5.32 Å². The lowest BCUT2D eigenvalue weighted by molar-refractivity contribution is 0.102. The van der Waals surface area contributed by atoms with Crippen molar-refractivity contribution < 1.29 is 9.18 Å². The van der Waals surface area contributed by atoms with Crippen molar-refractivity contribution in [3.63, 3.8) is 0 Å². The first-order valence-corrected chi connectivity index (χ1v) is 12.4. The van der Waals surface area contributed by atoms with Crippen molar-refractivity contribution >= 4 is 33.7 Å². The number of pyridine rings is 3. The van der Waals surface area contributed by atoms with E-state index in [0.717, 1.165) is 22.0 Å². The smallest absolute Gasteiger partial charge is 0.255 e. The van der Waals surface area contributed by atoms with Crippen LogP contribution in [0.1, 0.15) is 10.4 Å². The summed E-state index contributed by atoms with van der Waals surface area (Å²) in [6, 6.07) is 20.8. The van der Waals surface area contributed by atoms with Crippen LogP contribution in [0.4, 0.5) is 10.1 Å². The van der Waals surface area contributed by atoms with Crippen LogP contribution in [0, 0.1) is 5.82 Å². The molecule has 0 atom stereocenters. The van der Waals surface area contributed by atoms with E-state index in [2.05, 4.69) is 35.5 Å². The van der Waals surface area contributed by atoms with Gasteiger partial charge in [0.15, 0.2) is 11.5 Å². The lowest BCUT2D eigenvalue weighted by Crippen LogP contribution is -2.11. The van der Waals surface area contributed by atoms with E-state index in [1.807, 2.05) is 36.4 Å². The summed E-state index contributed by atoms with van der Waals surface area (Å²) in [5.74, 6) is -0.0442. The molecule has 1 amide bonds. The van der Waals surface area contributed by atoms with E-state index < -0.39 is 0 Å². The van der Waals surface area contributed by atoms with E-state index in [1.165, 1.54) is 12.1 Å². The molecule has 0 unspecified atom stereocenters. The number of carbonyl (C=O) groups is 1. The van der Waals surface area contributed by atoms with Crippen LogP contribution in [0.15, 0.2) is 97.6 Å². The number of hydrogen-bond donors (Lipinski definition) is 3. The molecule has 192 valence electrons. The third-order valence-corrected chi connectivity index (χ3v) is 6.51. The van der Waals surface area contributed by atoms with E-state index in [0.29, 0.717) is 45.2 Å². The van der Waals surface area contributed by atoms with Crippen LogP contribution in [-0.4, -0.2) is 41.0 Å². The lowest BCUT2D eigenvalue weighted by atomic mass is 10.1. The first kappa shape index (κ1) is 23.4. The number of hydrogen-bond acceptors (Lipinski definition) is 6. The maximum atomic E-state index is 13.9. The second kappa shape index (κ2) is 9.52. The van der Waals surface area contributed by atoms with Crippen molar-refractivity contribution in [1.29, 1.82) is 0 Å². The lowest BCUT2D eigenvalue weighted by Gasteiger charge is -2.07. The van der Waals surface area contributed by atoms with Gasteiger partial charge in [0, 0.05) is 40.8 Å². The van der Waals surface area contributed by atoms with Crippen molar-refractivity contribution in [3.05, 3.63) is 109 Å². The predicted octanol–water partition coefficient (Wildman–Crippen LogP) is 6.02. The van der Waals surface area contributed by atoms with Crippen LogP contribution in [0.5, 0.6) is 0 Å². The van der Waals surface area contributed by atoms with E-state index in [9.17, 15) is 9.18 Å². The van der Waals surface area contributed by atoms with Gasteiger partial charge in [-0.05, 0) is 42.5 Å². The van der Waals surface area contributed by atoms with Gasteiger partial charge in [0.25, 0.3) is 5.91 Å². The number of aromatic nitrogens is 7. The quantitative estimate of drug-likeness (QED) is 0.252. The minimum absolute atomic E-state index is 0.220. The zero-order valence-electron chi connectivity index (χ0n) is 20.8. The minimum Gasteiger partial charge on any atom is -0.336 e. The second-order valence-corrected chi connectivity index (χ2v) is 9.13. The zero-order chi connectivity index (χ0) is 27.1. The molecule has 9 nitrogen and oxygen atoms in total. The van der Waals surface area contributed by atoms with Gasteiger partial charge in [0.05, 0.1) is 28.5 Å². The molecule has 0 bridgehead atoms. The number of benzene rings is 2. The number of amides is 1. The molecule has 2 aromatic carbocycles. The molecule has 0 aliphatic rings. The molecule has 0 radical (unpaired) electrons. The number of fused-ring (bicyclic) bond motifs is 2. The zero-order valence-corrected chi connectivity index (χ0v) is 20.8. The van der Waals surface area contributed by atoms with Crippen LogP contribution in [0.3, 0.4) is 0 Å². The molecular formula is C30H19FN8O. The number of aromatic amines is 2. The highest BCUT2D eigenvalue weighted by Gasteiger charge is 2.17. The molecule has 40 heavy (non-hydrogen) atoms. The molecule has 5 aromatic heterocycles. The Labute approximate surface area is 226 Å². The van der Waals surface area contributed by atoms with E-state index in [-0.39, 0.29) is 11.7 Å². The standard InChI is InChI=1S/C30H19FN8O/c31-21-8-4-7-18(11-21)25-27-24(9-10-33-25)36-29(37-27)26-23-13-20(15-34-28(23)39-38-26)19-12-22(16-32-14-19)35-30(40)17-5-2-1-3-6-17/h1-16H,(H,35,40)(H,36,37)(H,34,38,39). The summed E-state index contributed by atoms with van der Waals surface area (Å²) in [6.45, 7) is 0. The highest BCUT2D eigenvalue weighted by atomic mass is 19.1. The number of nitrogens with one attached hydrogen (secondary N) is 3. The Morgan fingerprint density at radius 1 is 0.825 bits per heavy atom. The predicted molar refractivity (Wildman–Crippen MR) is 150 cm³/mol. The monoisotopic (exact) mass is 526 g/mol. The average molecular weight is 527 g/mol. The Morgan fingerprint density at radius 3 is 2.58 bits per heavy atom. The first-order valence-electron chi connectivity index (χ1n) is 12.4. The van der Waals surface area contributed by atoms with Crippen LogP contribution >= 0.6 is 0 Å². The fourth-order valence-corrected chi connectivity index (χ4v) is 4.60. The Hall–Kier alpha value is -5.77. The fourth-order valence-electron chi connectivity index (χ4n) is 4.60. The molecule has 0 spiro atoms. The SMILES string of the molecule is O=C(Nc1cncc(-c2cnc3[nH]nc(-c4nc5c(-c6cccc(F)c6)nccc5[nH]4)c3c2)c1)c1ccccc1. The molecule has 7 rings (SSSR count). The first-order chi connectivity index (χ1) is 19.6. The topological polar surface area (TPSA) is 125 Å². The van der Waals surface area contributed by atoms with E-state index in [4.69, 9.17) is 4.98 Å². The van der Waals surface area contributed by atoms with Crippen molar-refractivity contribution in [3.8, 4) is 33.9 Å². The number of H-pyrrole nitrogens is 2. The van der Waals surface area contributed by atoms with Crippen LogP contribution in [0.2, 0.25) is 0 Å². The highest BCUT2D eigenvalue weighted by molar-refractivity contribution is 6.04. The van der Waals surface area contributed by atoms with Crippen molar-refractivity contribution in [2.45, 2.75) is 0 Å². The highest BCUT2D eigenvalue weighted by Crippen LogP contribution is 2.32. The van der Waals surface area contributed by atoms with Gasteiger partial charge >= 0.3 is 0 Å². The Morgan fingerprint density at radius 2 is 1.70 bits per heavy atom. The number of carbonyl (C=O) groups excluding carboxylic acids is 1. The third-order valence-electron chi connectivity index (χ3n) is 6.51. The molecular weight excluding hydrogens is 507 g/mol. The molecule has 3 N–H and O–H groups in total. The van der Waals surface area contributed by atoms with Gasteiger partial charge in [0.2, 0.25) is 0 Å². The van der Waals surface area contributed by atoms with Gasteiger partial charge in [-0.15, -0.1) is 0 Å². The van der Waals surface area contributed by atoms with Gasteiger partial charge in [0.1, 0.15) is 17.0 Å². The molecule has 7 aromatic rings. The normalized spacial score (nSPS) is 11.2. The summed E-state index contributed by atoms with van der Waals surface area (Å²) in [5, 5.41) is 11.1. The molecule has 10 heteroatoms. The number of halogens is 1. The van der Waals surface area contributed by atoms with Gasteiger partial charge in [-0.3, -0.25) is 19.9 Å². The molecule has 0 saturated carbocycles. The third kappa shape index (κ3) is 4.23. The minimum atomic E-state index is -0.345. The van der Waals surface area contributed by atoms with Gasteiger partial charge in [-0.25, -0.2) is 14.4 Å². The molecule has 0 saturated heterocycles. The maximum absolute atomic E-state index is 13.9. The average Bonchev–Trinajstić information content (AvgIpc) is 3.61. The van der Waals surface area contributed by atoms with Crippen molar-refractivity contribution in [2.75, 3.05) is 5.32 Å². The molecule has 0 fully saturated rings. The maximum Gasteiger partial charge on any atom is 0.255 e. The largest absolute Gasteiger partial charge is 0.336 e. The summed E-state index contributed by atoms with van der Waals surface area (Å²) < 4.78 is 13.9. The van der Waals surface area contributed by atoms with Gasteiger partial charge < -0.3 is 10.3 Å². The summed E-state index contributed by atoms with van der Waals surface area (Å²) in [5.41, 5.74) is 6.40. The Kier molecular flexibility index (Phi) is 5.56. The number of imidazole rings is 1. The number of rotatable bonds is 5. The second-order valence-electron chi connectivity index (χ2n) is 9.13. The number of nitrogens with zero attached hydrogens (tertiary/aromatic N) is 5. The summed E-state index contributed by atoms with van der Waals surface area (Å²) in [6.07, 6.45) is 6.68. The van der Waals surface area contributed by atoms with Crippen LogP contribution in [-0.2, 0) is 0 Å². The van der Waals surface area contributed by atoms with Crippen molar-refractivity contribution in [2.24, 2.45) is 0 Å². The fraction of sp³-hybridized carbons (Fsp3) is 0. The summed E-state index contributed by atoms with van der Waals surface area (Å²) >= 11 is 0. The van der Waals surface area contributed by atoms with Crippen LogP contribution in [0.25, 0.3) is 56.0 Å². The molecule has 0 aliphatic carbocycles. The van der Waals surface area contributed by atoms with Crippen molar-refractivity contribution in [1.82, 2.24) is 35.1 Å². The molecule has 0 aliphatic heterocycles. The Bertz CT molecular complexity index is 2030. The number of anilines is 1. The van der Waals surface area contributed by atoms with E-state index in [1.54, 1.807) is 49.1 Å². The summed E-state index contributed by atoms with van der Waals surface area (Å²) in [4.78, 5) is 34.0. The van der Waals surface area contributed by atoms with Gasteiger partial charge in [-0.1, -0.05) is 30.3 Å². The van der Waals surface area contributed by atoms with E-state index >= 15 is 0 Å². The molecule has 5 heterocycles. The van der Waals surface area contributed by atoms with Gasteiger partial charge in [-0.2, -0.15) is 5.10 Å². The summed E-state index contributed by atoms with van der Waals surface area (Å²) in [7, 11) is 0.